The molecule has 24 heavy (non-hydrogen) atoms. The fourth-order valence-corrected chi connectivity index (χ4v) is 1.98. The third-order valence-corrected chi connectivity index (χ3v) is 3.25. The van der Waals surface area contributed by atoms with Crippen molar-refractivity contribution in [2.24, 2.45) is 0 Å². The van der Waals surface area contributed by atoms with Crippen LogP contribution in [0.4, 0.5) is 15.9 Å². The van der Waals surface area contributed by atoms with Gasteiger partial charge in [0.2, 0.25) is 5.75 Å². The highest BCUT2D eigenvalue weighted by Crippen LogP contribution is 2.26. The molecule has 9 heteroatoms. The van der Waals surface area contributed by atoms with E-state index in [4.69, 9.17) is 16.3 Å². The Kier molecular flexibility index (Phi) is 5.30. The van der Waals surface area contributed by atoms with Gasteiger partial charge in [0.1, 0.15) is 11.5 Å². The first kappa shape index (κ1) is 17.6. The molecule has 0 spiro atoms. The average Bonchev–Trinajstić information content (AvgIpc) is 2.51. The minimum Gasteiger partial charge on any atom is -0.473 e. The molecule has 0 fully saturated rings. The number of amides is 1. The van der Waals surface area contributed by atoms with Gasteiger partial charge in [-0.25, -0.2) is 4.39 Å². The van der Waals surface area contributed by atoms with Gasteiger partial charge in [-0.15, -0.1) is 0 Å². The van der Waals surface area contributed by atoms with Crippen molar-refractivity contribution in [1.82, 2.24) is 4.98 Å². The zero-order chi connectivity index (χ0) is 17.9. The molecule has 0 saturated carbocycles. The van der Waals surface area contributed by atoms with Gasteiger partial charge < -0.3 is 20.2 Å². The number of ether oxygens (including phenoxy) is 1. The van der Waals surface area contributed by atoms with Crippen LogP contribution < -0.4 is 10.1 Å². The minimum atomic E-state index is -1.11. The van der Waals surface area contributed by atoms with Crippen molar-refractivity contribution in [3.05, 3.63) is 57.0 Å². The molecule has 0 bridgehead atoms. The molecule has 7 nitrogen and oxygen atoms in total. The van der Waals surface area contributed by atoms with Crippen LogP contribution in [0.2, 0.25) is 5.02 Å². The Balaban J connectivity index is 2.13. The Bertz CT molecular complexity index is 800. The molecule has 1 amide bonds. The molecule has 1 heterocycles. The third kappa shape index (κ3) is 4.17. The highest BCUT2D eigenvalue weighted by Gasteiger charge is 2.23. The van der Waals surface area contributed by atoms with E-state index in [-0.39, 0.29) is 16.5 Å². The fourth-order valence-electron chi connectivity index (χ4n) is 1.82. The first-order valence-corrected chi connectivity index (χ1v) is 7.20. The number of nitrogens with one attached hydrogen (secondary N) is 1. The van der Waals surface area contributed by atoms with Gasteiger partial charge >= 0.3 is 5.82 Å². The summed E-state index contributed by atoms with van der Waals surface area (Å²) < 4.78 is 19.0. The van der Waals surface area contributed by atoms with Crippen LogP contribution >= 0.6 is 11.6 Å². The zero-order valence-corrected chi connectivity index (χ0v) is 13.5. The van der Waals surface area contributed by atoms with Gasteiger partial charge in [0.05, 0.1) is 5.69 Å². The smallest absolute Gasteiger partial charge is 0.406 e. The number of pyridine rings is 1. The molecule has 1 atom stereocenters. The number of hydrogen-bond donors (Lipinski definition) is 1. The molecule has 0 unspecified atom stereocenters. The predicted molar refractivity (Wildman–Crippen MR) is 85.8 cm³/mol. The molecule has 126 valence electrons. The first-order chi connectivity index (χ1) is 11.3. The SMILES string of the molecule is Cc1ccc(O[C@@H](C)C(=O)Nc2ccc(Cl)cc2F)c([N+](=O)[O-])n1. The molecule has 0 aliphatic carbocycles. The maximum absolute atomic E-state index is 13.7. The summed E-state index contributed by atoms with van der Waals surface area (Å²) in [4.78, 5) is 26.1. The molecule has 0 aliphatic rings. The summed E-state index contributed by atoms with van der Waals surface area (Å²) in [6.07, 6.45) is -1.11. The number of carbonyl (C=O) groups excluding carboxylic acids is 1. The van der Waals surface area contributed by atoms with E-state index in [2.05, 4.69) is 10.3 Å². The van der Waals surface area contributed by atoms with Gasteiger partial charge in [-0.1, -0.05) is 11.6 Å². The van der Waals surface area contributed by atoms with Gasteiger partial charge in [-0.3, -0.25) is 4.79 Å². The molecule has 1 aromatic carbocycles. The van der Waals surface area contributed by atoms with Crippen LogP contribution in [0, 0.1) is 22.9 Å². The Morgan fingerprint density at radius 3 is 2.75 bits per heavy atom. The van der Waals surface area contributed by atoms with Crippen LogP contribution in [0.1, 0.15) is 12.6 Å². The summed E-state index contributed by atoms with van der Waals surface area (Å²) >= 11 is 5.63. The Hall–Kier alpha value is -2.74. The fraction of sp³-hybridized carbons (Fsp3) is 0.200. The average molecular weight is 354 g/mol. The van der Waals surface area contributed by atoms with Gasteiger partial charge in [0.25, 0.3) is 5.91 Å². The lowest BCUT2D eigenvalue weighted by atomic mass is 10.2. The number of nitro groups is 1. The van der Waals surface area contributed by atoms with Gasteiger partial charge in [0.15, 0.2) is 6.10 Å². The van der Waals surface area contributed by atoms with Gasteiger partial charge in [-0.2, -0.15) is 0 Å². The summed E-state index contributed by atoms with van der Waals surface area (Å²) in [5.41, 5.74) is 0.366. The number of carbonyl (C=O) groups is 1. The summed E-state index contributed by atoms with van der Waals surface area (Å²) in [7, 11) is 0. The van der Waals surface area contributed by atoms with Crippen molar-refractivity contribution in [3.8, 4) is 5.75 Å². The standard InChI is InChI=1S/C15H13ClFN3O4/c1-8-3-6-13(14(18-8)20(22)23)24-9(2)15(21)19-12-5-4-10(16)7-11(12)17/h3-7,9H,1-2H3,(H,19,21)/t9-/m0/s1. The number of anilines is 1. The predicted octanol–water partition coefficient (Wildman–Crippen LogP) is 3.50. The molecular formula is C15H13ClFN3O4. The molecule has 0 radical (unpaired) electrons. The maximum Gasteiger partial charge on any atom is 0.406 e. The highest BCUT2D eigenvalue weighted by molar-refractivity contribution is 6.30. The monoisotopic (exact) mass is 353 g/mol. The lowest BCUT2D eigenvalue weighted by Gasteiger charge is -2.15. The van der Waals surface area contributed by atoms with Crippen molar-refractivity contribution < 1.29 is 18.8 Å². The second-order valence-electron chi connectivity index (χ2n) is 4.90. The zero-order valence-electron chi connectivity index (χ0n) is 12.7. The minimum absolute atomic E-state index is 0.0728. The largest absolute Gasteiger partial charge is 0.473 e. The normalized spacial score (nSPS) is 11.7. The topological polar surface area (TPSA) is 94.4 Å². The Morgan fingerprint density at radius 1 is 1.42 bits per heavy atom. The van der Waals surface area contributed by atoms with E-state index in [1.165, 1.54) is 31.2 Å². The molecule has 1 aromatic heterocycles. The van der Waals surface area contributed by atoms with E-state index in [0.717, 1.165) is 6.07 Å². The lowest BCUT2D eigenvalue weighted by Crippen LogP contribution is -2.30. The molecule has 2 rings (SSSR count). The number of halogens is 2. The third-order valence-electron chi connectivity index (χ3n) is 3.01. The second kappa shape index (κ2) is 7.22. The van der Waals surface area contributed by atoms with E-state index in [1.54, 1.807) is 6.92 Å². The Labute approximate surface area is 141 Å². The van der Waals surface area contributed by atoms with E-state index < -0.39 is 28.6 Å². The first-order valence-electron chi connectivity index (χ1n) is 6.82. The van der Waals surface area contributed by atoms with Crippen molar-refractivity contribution in [1.29, 1.82) is 0 Å². The number of hydrogen-bond acceptors (Lipinski definition) is 5. The Morgan fingerprint density at radius 2 is 2.12 bits per heavy atom. The van der Waals surface area contributed by atoms with Crippen LogP contribution in [0.5, 0.6) is 5.75 Å². The number of benzene rings is 1. The highest BCUT2D eigenvalue weighted by atomic mass is 35.5. The maximum atomic E-state index is 13.7. The van der Waals surface area contributed by atoms with Crippen LogP contribution in [-0.4, -0.2) is 21.9 Å². The molecule has 0 aliphatic heterocycles. The van der Waals surface area contributed by atoms with Gasteiger partial charge in [-0.05, 0) is 47.2 Å². The second-order valence-corrected chi connectivity index (χ2v) is 5.34. The van der Waals surface area contributed by atoms with E-state index >= 15 is 0 Å². The van der Waals surface area contributed by atoms with Gasteiger partial charge in [0, 0.05) is 11.9 Å². The van der Waals surface area contributed by atoms with Crippen molar-refractivity contribution in [2.45, 2.75) is 20.0 Å². The number of aromatic nitrogens is 1. The lowest BCUT2D eigenvalue weighted by molar-refractivity contribution is -0.390. The van der Waals surface area contributed by atoms with Crippen molar-refractivity contribution in [2.75, 3.05) is 5.32 Å². The van der Waals surface area contributed by atoms with Crippen LogP contribution in [0.25, 0.3) is 0 Å². The summed E-state index contributed by atoms with van der Waals surface area (Å²) in [6.45, 7) is 2.98. The molecule has 2 aromatic rings. The summed E-state index contributed by atoms with van der Waals surface area (Å²) in [5.74, 6) is -2.02. The van der Waals surface area contributed by atoms with Crippen LogP contribution in [-0.2, 0) is 4.79 Å². The van der Waals surface area contributed by atoms with E-state index in [0.29, 0.717) is 5.69 Å². The van der Waals surface area contributed by atoms with Crippen molar-refractivity contribution >= 4 is 29.0 Å². The number of nitrogens with zero attached hydrogens (tertiary/aromatic N) is 2. The van der Waals surface area contributed by atoms with E-state index in [9.17, 15) is 19.3 Å². The molecule has 1 N–H and O–H groups in total. The molecule has 0 saturated heterocycles. The van der Waals surface area contributed by atoms with Crippen molar-refractivity contribution in [3.63, 3.8) is 0 Å². The number of rotatable bonds is 5. The summed E-state index contributed by atoms with van der Waals surface area (Å²) in [5, 5.41) is 13.5. The van der Waals surface area contributed by atoms with Crippen LogP contribution in [0.3, 0.4) is 0 Å². The quantitative estimate of drug-likeness (QED) is 0.655. The number of aryl methyl sites for hydroxylation is 1. The van der Waals surface area contributed by atoms with E-state index in [1.807, 2.05) is 0 Å². The molecular weight excluding hydrogens is 341 g/mol. The summed E-state index contributed by atoms with van der Waals surface area (Å²) in [6, 6.07) is 6.65. The van der Waals surface area contributed by atoms with Crippen LogP contribution in [0.15, 0.2) is 30.3 Å².